The van der Waals surface area contributed by atoms with Gasteiger partial charge in [-0.15, -0.1) is 0 Å². The van der Waals surface area contributed by atoms with Gasteiger partial charge in [-0.2, -0.15) is 0 Å². The van der Waals surface area contributed by atoms with Crippen LogP contribution < -0.4 is 16.6 Å². The number of phenols is 1. The molecule has 3 aromatic rings. The molecule has 1 aromatic carbocycles. The summed E-state index contributed by atoms with van der Waals surface area (Å²) in [4.78, 5) is 41.2. The number of benzene rings is 1. The lowest BCUT2D eigenvalue weighted by Gasteiger charge is -2.20. The number of fused-ring (bicyclic) bond motifs is 1. The first kappa shape index (κ1) is 19.3. The van der Waals surface area contributed by atoms with Crippen LogP contribution in [0.4, 0.5) is 5.69 Å². The monoisotopic (exact) mass is 382 g/mol. The van der Waals surface area contributed by atoms with Gasteiger partial charge in [-0.25, -0.2) is 9.78 Å². The van der Waals surface area contributed by atoms with Crippen molar-refractivity contribution in [2.75, 3.05) is 5.32 Å². The fraction of sp³-hybridized carbons (Fsp3) is 0.300. The number of nitrogens with one attached hydrogen (secondary N) is 1. The highest BCUT2D eigenvalue weighted by atomic mass is 16.3. The standard InChI is InChI=1S/C20H22N4O4/c1-20(2,3)12-6-7-15(25)14(9-12)22-17(26)11-8-13-16(21-10-11)23(4)19(28)24(5)18(13)27/h6-10,25H,1-5H3,(H,22,26). The third kappa shape index (κ3) is 3.28. The summed E-state index contributed by atoms with van der Waals surface area (Å²) >= 11 is 0. The minimum atomic E-state index is -0.530. The highest BCUT2D eigenvalue weighted by molar-refractivity contribution is 6.06. The van der Waals surface area contributed by atoms with Gasteiger partial charge < -0.3 is 10.4 Å². The Hall–Kier alpha value is -3.42. The Morgan fingerprint density at radius 2 is 1.79 bits per heavy atom. The van der Waals surface area contributed by atoms with E-state index in [1.807, 2.05) is 20.8 Å². The number of aromatic hydroxyl groups is 1. The van der Waals surface area contributed by atoms with Crippen LogP contribution in [0.3, 0.4) is 0 Å². The van der Waals surface area contributed by atoms with Crippen LogP contribution in [0.5, 0.6) is 5.75 Å². The first-order chi connectivity index (χ1) is 13.0. The lowest BCUT2D eigenvalue weighted by molar-refractivity contribution is 0.102. The largest absolute Gasteiger partial charge is 0.506 e. The van der Waals surface area contributed by atoms with Crippen LogP contribution in [0.15, 0.2) is 40.1 Å². The summed E-state index contributed by atoms with van der Waals surface area (Å²) in [5, 5.41) is 12.9. The Labute approximate surface area is 161 Å². The maximum absolute atomic E-state index is 12.7. The van der Waals surface area contributed by atoms with Gasteiger partial charge in [-0.1, -0.05) is 26.8 Å². The molecule has 8 nitrogen and oxygen atoms in total. The predicted octanol–water partition coefficient (Wildman–Crippen LogP) is 1.89. The van der Waals surface area contributed by atoms with Crippen molar-refractivity contribution >= 4 is 22.6 Å². The normalized spacial score (nSPS) is 11.6. The van der Waals surface area contributed by atoms with Crippen LogP contribution in [0.25, 0.3) is 11.0 Å². The van der Waals surface area contributed by atoms with E-state index in [9.17, 15) is 19.5 Å². The molecule has 0 unspecified atom stereocenters. The summed E-state index contributed by atoms with van der Waals surface area (Å²) in [6.45, 7) is 6.08. The molecule has 2 N–H and O–H groups in total. The molecule has 1 amide bonds. The van der Waals surface area contributed by atoms with E-state index in [4.69, 9.17) is 0 Å². The van der Waals surface area contributed by atoms with Crippen LogP contribution in [0.2, 0.25) is 0 Å². The third-order valence-corrected chi connectivity index (χ3v) is 4.67. The Kier molecular flexibility index (Phi) is 4.58. The van der Waals surface area contributed by atoms with Gasteiger partial charge in [0.25, 0.3) is 11.5 Å². The number of pyridine rings is 1. The zero-order valence-corrected chi connectivity index (χ0v) is 16.4. The summed E-state index contributed by atoms with van der Waals surface area (Å²) in [5.74, 6) is -0.583. The fourth-order valence-corrected chi connectivity index (χ4v) is 2.89. The third-order valence-electron chi connectivity index (χ3n) is 4.67. The van der Waals surface area contributed by atoms with E-state index in [-0.39, 0.29) is 33.4 Å². The van der Waals surface area contributed by atoms with Crippen LogP contribution in [0.1, 0.15) is 36.7 Å². The number of carbonyl (C=O) groups is 1. The summed E-state index contributed by atoms with van der Waals surface area (Å²) in [6.07, 6.45) is 1.29. The van der Waals surface area contributed by atoms with Crippen LogP contribution in [-0.2, 0) is 19.5 Å². The molecule has 3 rings (SSSR count). The van der Waals surface area contributed by atoms with Gasteiger partial charge in [0.1, 0.15) is 11.4 Å². The molecular formula is C20H22N4O4. The summed E-state index contributed by atoms with van der Waals surface area (Å²) in [7, 11) is 2.87. The number of aromatic nitrogens is 3. The molecule has 28 heavy (non-hydrogen) atoms. The van der Waals surface area contributed by atoms with E-state index in [1.54, 1.807) is 12.1 Å². The first-order valence-corrected chi connectivity index (χ1v) is 8.71. The minimum absolute atomic E-state index is 0.0617. The second-order valence-corrected chi connectivity index (χ2v) is 7.74. The maximum Gasteiger partial charge on any atom is 0.332 e. The number of carbonyl (C=O) groups excluding carboxylic acids is 1. The lowest BCUT2D eigenvalue weighted by Crippen LogP contribution is -2.37. The minimum Gasteiger partial charge on any atom is -0.506 e. The average molecular weight is 382 g/mol. The molecule has 146 valence electrons. The van der Waals surface area contributed by atoms with Crippen molar-refractivity contribution in [3.63, 3.8) is 0 Å². The van der Waals surface area contributed by atoms with E-state index in [2.05, 4.69) is 10.3 Å². The Morgan fingerprint density at radius 3 is 2.43 bits per heavy atom. The number of phenolic OH excluding ortho intramolecular Hbond substituents is 1. The molecular weight excluding hydrogens is 360 g/mol. The number of nitrogens with zero attached hydrogens (tertiary/aromatic N) is 3. The van der Waals surface area contributed by atoms with Crippen molar-refractivity contribution in [1.29, 1.82) is 0 Å². The van der Waals surface area contributed by atoms with Gasteiger partial charge >= 0.3 is 5.69 Å². The maximum atomic E-state index is 12.7. The number of anilines is 1. The molecule has 0 spiro atoms. The van der Waals surface area contributed by atoms with Crippen molar-refractivity contribution in [2.24, 2.45) is 14.1 Å². The zero-order chi connectivity index (χ0) is 20.8. The van der Waals surface area contributed by atoms with Crippen LogP contribution in [-0.4, -0.2) is 25.1 Å². The molecule has 0 saturated heterocycles. The van der Waals surface area contributed by atoms with Gasteiger partial charge in [0.15, 0.2) is 0 Å². The second kappa shape index (κ2) is 6.63. The van der Waals surface area contributed by atoms with Crippen molar-refractivity contribution in [3.8, 4) is 5.75 Å². The molecule has 0 bridgehead atoms. The molecule has 0 radical (unpaired) electrons. The Morgan fingerprint density at radius 1 is 1.11 bits per heavy atom. The van der Waals surface area contributed by atoms with Gasteiger partial charge in [-0.3, -0.25) is 18.7 Å². The molecule has 2 aromatic heterocycles. The molecule has 0 fully saturated rings. The second-order valence-electron chi connectivity index (χ2n) is 7.74. The molecule has 0 aliphatic rings. The van der Waals surface area contributed by atoms with Gasteiger partial charge in [-0.05, 0) is 29.2 Å². The van der Waals surface area contributed by atoms with Crippen molar-refractivity contribution in [2.45, 2.75) is 26.2 Å². The van der Waals surface area contributed by atoms with Crippen molar-refractivity contribution in [3.05, 3.63) is 62.4 Å². The number of hydrogen-bond donors (Lipinski definition) is 2. The van der Waals surface area contributed by atoms with Gasteiger partial charge in [0.05, 0.1) is 16.6 Å². The molecule has 0 aliphatic heterocycles. The lowest BCUT2D eigenvalue weighted by atomic mass is 9.87. The van der Waals surface area contributed by atoms with Crippen LogP contribution >= 0.6 is 0 Å². The highest BCUT2D eigenvalue weighted by Crippen LogP contribution is 2.31. The van der Waals surface area contributed by atoms with Crippen molar-refractivity contribution in [1.82, 2.24) is 14.1 Å². The first-order valence-electron chi connectivity index (χ1n) is 8.71. The van der Waals surface area contributed by atoms with E-state index in [0.29, 0.717) is 0 Å². The molecule has 0 aliphatic carbocycles. The van der Waals surface area contributed by atoms with E-state index in [0.717, 1.165) is 10.1 Å². The smallest absolute Gasteiger partial charge is 0.332 e. The summed E-state index contributed by atoms with van der Waals surface area (Å²) in [6, 6.07) is 6.43. The molecule has 2 heterocycles. The molecule has 8 heteroatoms. The number of rotatable bonds is 2. The summed E-state index contributed by atoms with van der Waals surface area (Å²) in [5.41, 5.74) is 0.372. The number of amides is 1. The quantitative estimate of drug-likeness (QED) is 0.659. The SMILES string of the molecule is Cn1c(=O)c2cc(C(=O)Nc3cc(C(C)(C)C)ccc3O)cnc2n(C)c1=O. The number of hydrogen-bond acceptors (Lipinski definition) is 5. The van der Waals surface area contributed by atoms with E-state index >= 15 is 0 Å². The van der Waals surface area contributed by atoms with Crippen molar-refractivity contribution < 1.29 is 9.90 Å². The fourth-order valence-electron chi connectivity index (χ4n) is 2.89. The highest BCUT2D eigenvalue weighted by Gasteiger charge is 2.18. The van der Waals surface area contributed by atoms with Gasteiger partial charge in [0.2, 0.25) is 0 Å². The predicted molar refractivity (Wildman–Crippen MR) is 107 cm³/mol. The van der Waals surface area contributed by atoms with Gasteiger partial charge in [0, 0.05) is 20.3 Å². The topological polar surface area (TPSA) is 106 Å². The zero-order valence-electron chi connectivity index (χ0n) is 16.4. The Bertz CT molecular complexity index is 1220. The molecule has 0 atom stereocenters. The number of aryl methyl sites for hydroxylation is 1. The van der Waals surface area contributed by atoms with Crippen LogP contribution in [0, 0.1) is 0 Å². The average Bonchev–Trinajstić information content (AvgIpc) is 2.64. The Balaban J connectivity index is 2.04. The molecule has 0 saturated carbocycles. The van der Waals surface area contributed by atoms with E-state index in [1.165, 1.54) is 37.0 Å². The van der Waals surface area contributed by atoms with E-state index < -0.39 is 17.2 Å². The summed E-state index contributed by atoms with van der Waals surface area (Å²) < 4.78 is 2.21.